The molecule has 72 valence electrons. The van der Waals surface area contributed by atoms with E-state index in [1.807, 2.05) is 0 Å². The summed E-state index contributed by atoms with van der Waals surface area (Å²) in [6, 6.07) is 0. The van der Waals surface area contributed by atoms with Gasteiger partial charge in [0.25, 0.3) is 0 Å². The van der Waals surface area contributed by atoms with E-state index in [2.05, 4.69) is 33.4 Å². The zero-order valence-corrected chi connectivity index (χ0v) is 9.14. The largest absolute Gasteiger partial charge is 0.393 e. The lowest BCUT2D eigenvalue weighted by Gasteiger charge is -2.39. The second kappa shape index (κ2) is 3.59. The van der Waals surface area contributed by atoms with E-state index in [-0.39, 0.29) is 10.9 Å². The van der Waals surface area contributed by atoms with Gasteiger partial charge >= 0.3 is 0 Å². The lowest BCUT2D eigenvalue weighted by molar-refractivity contribution is 0.0353. The van der Waals surface area contributed by atoms with E-state index in [9.17, 15) is 5.11 Å². The van der Waals surface area contributed by atoms with Crippen LogP contribution >= 0.6 is 12.6 Å². The maximum Gasteiger partial charge on any atom is 0.0583 e. The van der Waals surface area contributed by atoms with Crippen molar-refractivity contribution in [2.24, 2.45) is 11.8 Å². The van der Waals surface area contributed by atoms with Gasteiger partial charge < -0.3 is 5.11 Å². The molecular weight excluding hydrogens is 168 g/mol. The molecular formula is C10H20OS. The number of aliphatic hydroxyl groups excluding tert-OH is 1. The molecule has 1 fully saturated rings. The Morgan fingerprint density at radius 1 is 1.33 bits per heavy atom. The molecule has 1 rings (SSSR count). The van der Waals surface area contributed by atoms with E-state index in [4.69, 9.17) is 0 Å². The first-order valence-corrected chi connectivity index (χ1v) is 5.26. The van der Waals surface area contributed by atoms with Crippen molar-refractivity contribution in [1.82, 2.24) is 0 Å². The summed E-state index contributed by atoms with van der Waals surface area (Å²) < 4.78 is -0.0282. The molecule has 2 heteroatoms. The monoisotopic (exact) mass is 188 g/mol. The van der Waals surface area contributed by atoms with Gasteiger partial charge in [-0.1, -0.05) is 27.2 Å². The summed E-state index contributed by atoms with van der Waals surface area (Å²) in [5.41, 5.74) is 0. The highest BCUT2D eigenvalue weighted by atomic mass is 32.1. The Morgan fingerprint density at radius 3 is 2.33 bits per heavy atom. The van der Waals surface area contributed by atoms with E-state index < -0.39 is 0 Å². The molecule has 1 nitrogen and oxygen atoms in total. The Morgan fingerprint density at radius 2 is 1.92 bits per heavy atom. The van der Waals surface area contributed by atoms with Crippen molar-refractivity contribution in [2.45, 2.75) is 50.9 Å². The molecule has 0 spiro atoms. The average Bonchev–Trinajstić information content (AvgIpc) is 1.83. The summed E-state index contributed by atoms with van der Waals surface area (Å²) >= 11 is 4.53. The molecule has 3 atom stereocenters. The average molecular weight is 188 g/mol. The standard InChI is InChI=1S/C10H20OS/c1-7-4-5-8(9(11)6-7)10(2,3)12/h7-9,11-12H,4-6H2,1-3H3. The molecule has 0 radical (unpaired) electrons. The summed E-state index contributed by atoms with van der Waals surface area (Å²) in [5, 5.41) is 9.83. The van der Waals surface area contributed by atoms with Gasteiger partial charge in [0.1, 0.15) is 0 Å². The van der Waals surface area contributed by atoms with Gasteiger partial charge in [0.05, 0.1) is 6.10 Å². The SMILES string of the molecule is CC1CCC(C(C)(C)S)C(O)C1. The van der Waals surface area contributed by atoms with Crippen molar-refractivity contribution >= 4 is 12.6 Å². The fraction of sp³-hybridized carbons (Fsp3) is 1.00. The van der Waals surface area contributed by atoms with Crippen LogP contribution in [0.3, 0.4) is 0 Å². The molecule has 0 aromatic heterocycles. The van der Waals surface area contributed by atoms with Crippen LogP contribution in [-0.4, -0.2) is 16.0 Å². The van der Waals surface area contributed by atoms with E-state index >= 15 is 0 Å². The van der Waals surface area contributed by atoms with Crippen LogP contribution < -0.4 is 0 Å². The van der Waals surface area contributed by atoms with Crippen molar-refractivity contribution in [1.29, 1.82) is 0 Å². The molecule has 0 aromatic carbocycles. The van der Waals surface area contributed by atoms with E-state index in [0.29, 0.717) is 11.8 Å². The number of thiol groups is 1. The highest BCUT2D eigenvalue weighted by Crippen LogP contribution is 2.38. The molecule has 1 aliphatic carbocycles. The van der Waals surface area contributed by atoms with Gasteiger partial charge in [0.15, 0.2) is 0 Å². The summed E-state index contributed by atoms with van der Waals surface area (Å²) in [5.74, 6) is 1.06. The topological polar surface area (TPSA) is 20.2 Å². The van der Waals surface area contributed by atoms with Crippen LogP contribution in [0, 0.1) is 11.8 Å². The Hall–Kier alpha value is 0.310. The van der Waals surface area contributed by atoms with Crippen LogP contribution in [0.15, 0.2) is 0 Å². The van der Waals surface area contributed by atoms with Crippen LogP contribution in [0.4, 0.5) is 0 Å². The first kappa shape index (κ1) is 10.4. The molecule has 0 aliphatic heterocycles. The molecule has 0 bridgehead atoms. The molecule has 1 N–H and O–H groups in total. The zero-order chi connectivity index (χ0) is 9.35. The minimum Gasteiger partial charge on any atom is -0.393 e. The van der Waals surface area contributed by atoms with Gasteiger partial charge in [0, 0.05) is 4.75 Å². The predicted molar refractivity (Wildman–Crippen MR) is 55.6 cm³/mol. The fourth-order valence-electron chi connectivity index (χ4n) is 2.17. The quantitative estimate of drug-likeness (QED) is 0.606. The van der Waals surface area contributed by atoms with Gasteiger partial charge in [-0.25, -0.2) is 0 Å². The van der Waals surface area contributed by atoms with Crippen LogP contribution in [0.1, 0.15) is 40.0 Å². The van der Waals surface area contributed by atoms with Crippen molar-refractivity contribution in [3.63, 3.8) is 0 Å². The van der Waals surface area contributed by atoms with Crippen LogP contribution in [-0.2, 0) is 0 Å². The molecule has 1 aliphatic rings. The second-order valence-electron chi connectivity index (χ2n) is 4.75. The molecule has 0 aromatic rings. The minimum atomic E-state index is -0.138. The van der Waals surface area contributed by atoms with E-state index in [1.165, 1.54) is 6.42 Å². The van der Waals surface area contributed by atoms with Crippen LogP contribution in [0.2, 0.25) is 0 Å². The molecule has 0 saturated heterocycles. The Labute approximate surface area is 81.0 Å². The van der Waals surface area contributed by atoms with Crippen molar-refractivity contribution in [3.05, 3.63) is 0 Å². The molecule has 0 heterocycles. The lowest BCUT2D eigenvalue weighted by atomic mass is 9.75. The van der Waals surface area contributed by atoms with E-state index in [0.717, 1.165) is 12.8 Å². The smallest absolute Gasteiger partial charge is 0.0583 e. The maximum absolute atomic E-state index is 9.83. The first-order valence-electron chi connectivity index (χ1n) is 4.81. The van der Waals surface area contributed by atoms with Crippen LogP contribution in [0.25, 0.3) is 0 Å². The van der Waals surface area contributed by atoms with E-state index in [1.54, 1.807) is 0 Å². The number of aliphatic hydroxyl groups is 1. The second-order valence-corrected chi connectivity index (χ2v) is 5.90. The summed E-state index contributed by atoms with van der Waals surface area (Å²) in [7, 11) is 0. The van der Waals surface area contributed by atoms with Crippen molar-refractivity contribution in [3.8, 4) is 0 Å². The third-order valence-electron chi connectivity index (χ3n) is 2.99. The third kappa shape index (κ3) is 2.40. The van der Waals surface area contributed by atoms with Crippen LogP contribution in [0.5, 0.6) is 0 Å². The van der Waals surface area contributed by atoms with Gasteiger partial charge in [-0.15, -0.1) is 0 Å². The van der Waals surface area contributed by atoms with Gasteiger partial charge in [-0.05, 0) is 24.7 Å². The molecule has 3 unspecified atom stereocenters. The van der Waals surface area contributed by atoms with Gasteiger partial charge in [-0.3, -0.25) is 0 Å². The Kier molecular flexibility index (Phi) is 3.11. The molecule has 1 saturated carbocycles. The summed E-state index contributed by atoms with van der Waals surface area (Å²) in [6.07, 6.45) is 3.18. The Balaban J connectivity index is 2.57. The predicted octanol–water partition coefficient (Wildman–Crippen LogP) is 2.49. The third-order valence-corrected chi connectivity index (χ3v) is 3.32. The molecule has 12 heavy (non-hydrogen) atoms. The van der Waals surface area contributed by atoms with Crippen molar-refractivity contribution in [2.75, 3.05) is 0 Å². The minimum absolute atomic E-state index is 0.0282. The Bertz CT molecular complexity index is 150. The fourth-order valence-corrected chi connectivity index (χ4v) is 2.48. The highest BCUT2D eigenvalue weighted by Gasteiger charge is 2.35. The normalized spacial score (nSPS) is 38.2. The molecule has 0 amide bonds. The summed E-state index contributed by atoms with van der Waals surface area (Å²) in [6.45, 7) is 6.41. The zero-order valence-electron chi connectivity index (χ0n) is 8.25. The maximum atomic E-state index is 9.83. The van der Waals surface area contributed by atoms with Gasteiger partial charge in [0.2, 0.25) is 0 Å². The number of rotatable bonds is 1. The van der Waals surface area contributed by atoms with Gasteiger partial charge in [-0.2, -0.15) is 12.6 Å². The number of hydrogen-bond acceptors (Lipinski definition) is 2. The number of hydrogen-bond donors (Lipinski definition) is 2. The van der Waals surface area contributed by atoms with Crippen molar-refractivity contribution < 1.29 is 5.11 Å². The lowest BCUT2D eigenvalue weighted by Crippen LogP contribution is -2.39. The first-order chi connectivity index (χ1) is 5.41. The summed E-state index contributed by atoms with van der Waals surface area (Å²) in [4.78, 5) is 0. The highest BCUT2D eigenvalue weighted by molar-refractivity contribution is 7.81.